The molecule has 43 heavy (non-hydrogen) atoms. The van der Waals surface area contributed by atoms with Gasteiger partial charge in [-0.2, -0.15) is 12.7 Å². The first kappa shape index (κ1) is 31.7. The molecule has 5 rings (SSSR count). The lowest BCUT2D eigenvalue weighted by molar-refractivity contribution is 0.0930. The Labute approximate surface area is 258 Å². The van der Waals surface area contributed by atoms with Crippen molar-refractivity contribution in [1.82, 2.24) is 29.5 Å². The van der Waals surface area contributed by atoms with Gasteiger partial charge in [-0.25, -0.2) is 15.0 Å². The van der Waals surface area contributed by atoms with Gasteiger partial charge < -0.3 is 15.0 Å². The van der Waals surface area contributed by atoms with Crippen molar-refractivity contribution in [1.29, 1.82) is 0 Å². The lowest BCUT2D eigenvalue weighted by atomic mass is 9.71. The summed E-state index contributed by atoms with van der Waals surface area (Å²) in [5, 5.41) is 3.57. The van der Waals surface area contributed by atoms with Gasteiger partial charge in [0.2, 0.25) is 0 Å². The van der Waals surface area contributed by atoms with Crippen LogP contribution in [0, 0.1) is 11.3 Å². The van der Waals surface area contributed by atoms with Crippen LogP contribution < -0.4 is 10.0 Å². The van der Waals surface area contributed by atoms with E-state index in [1.807, 2.05) is 0 Å². The Morgan fingerprint density at radius 1 is 1.21 bits per heavy atom. The number of hydrogen-bond acceptors (Lipinski definition) is 9. The van der Waals surface area contributed by atoms with E-state index in [2.05, 4.69) is 46.8 Å². The van der Waals surface area contributed by atoms with Crippen molar-refractivity contribution in [2.24, 2.45) is 11.3 Å². The molecule has 2 aliphatic rings. The van der Waals surface area contributed by atoms with E-state index in [4.69, 9.17) is 14.7 Å². The van der Waals surface area contributed by atoms with Crippen LogP contribution in [0.5, 0.6) is 0 Å². The molecule has 2 N–H and O–H groups in total. The Morgan fingerprint density at radius 3 is 2.74 bits per heavy atom. The molecule has 1 fully saturated rings. The van der Waals surface area contributed by atoms with Crippen LogP contribution in [0.25, 0.3) is 10.3 Å². The number of nitrogens with one attached hydrogen (secondary N) is 2. The van der Waals surface area contributed by atoms with E-state index in [0.717, 1.165) is 77.8 Å². The highest BCUT2D eigenvalue weighted by atomic mass is 32.2. The van der Waals surface area contributed by atoms with Gasteiger partial charge in [-0.1, -0.05) is 38.2 Å². The number of aromatic nitrogens is 3. The van der Waals surface area contributed by atoms with E-state index < -0.39 is 10.2 Å². The van der Waals surface area contributed by atoms with Crippen molar-refractivity contribution >= 4 is 43.6 Å². The normalized spacial score (nSPS) is 19.2. The van der Waals surface area contributed by atoms with Gasteiger partial charge in [0.15, 0.2) is 5.01 Å². The second-order valence-corrected chi connectivity index (χ2v) is 15.6. The second kappa shape index (κ2) is 13.1. The van der Waals surface area contributed by atoms with Gasteiger partial charge in [-0.05, 0) is 66.7 Å². The van der Waals surface area contributed by atoms with Crippen molar-refractivity contribution in [2.75, 3.05) is 51.7 Å². The molecule has 3 aromatic rings. The molecule has 1 saturated heterocycles. The van der Waals surface area contributed by atoms with Gasteiger partial charge in [-0.3, -0.25) is 9.52 Å². The summed E-state index contributed by atoms with van der Waals surface area (Å²) in [5.74, 6) is 0.549. The van der Waals surface area contributed by atoms with Crippen molar-refractivity contribution in [3.63, 3.8) is 0 Å². The quantitative estimate of drug-likeness (QED) is 0.363. The standard InChI is InChI=1S/C30H43N7O4S2/c1-30(2,3)22-8-9-23-21(17-22)18-25-28(33-23)42-29(34-25)27(38)32-24(11-13-37-12-6-15-41-16-14-37)20-7-10-26(31-19-20)35-43(39,40)36(4)5/h7,10,18-19,22,24H,6,8-9,11-17H2,1-5H3,(H,31,35)(H,32,38)/t22-,24+/m0/s1. The number of anilines is 1. The summed E-state index contributed by atoms with van der Waals surface area (Å²) in [6, 6.07) is 5.20. The number of thiazole rings is 1. The number of aryl methyl sites for hydroxylation is 1. The molecule has 4 heterocycles. The van der Waals surface area contributed by atoms with E-state index in [1.54, 1.807) is 18.3 Å². The molecule has 0 saturated carbocycles. The number of carbonyl (C=O) groups is 1. The molecule has 1 amide bonds. The number of nitrogens with zero attached hydrogens (tertiary/aromatic N) is 5. The highest BCUT2D eigenvalue weighted by Gasteiger charge is 2.30. The summed E-state index contributed by atoms with van der Waals surface area (Å²) in [4.78, 5) is 30.7. The number of hydrogen-bond donors (Lipinski definition) is 2. The Hall–Kier alpha value is -2.71. The molecule has 0 bridgehead atoms. The number of rotatable bonds is 9. The summed E-state index contributed by atoms with van der Waals surface area (Å²) in [6.07, 6.45) is 6.29. The maximum atomic E-state index is 13.6. The molecular formula is C30H43N7O4S2. The van der Waals surface area contributed by atoms with Gasteiger partial charge in [0.05, 0.1) is 12.6 Å². The topological polar surface area (TPSA) is 130 Å². The van der Waals surface area contributed by atoms with Gasteiger partial charge in [0.25, 0.3) is 5.91 Å². The van der Waals surface area contributed by atoms with E-state index in [0.29, 0.717) is 24.0 Å². The molecule has 0 radical (unpaired) electrons. The van der Waals surface area contributed by atoms with Gasteiger partial charge in [0.1, 0.15) is 16.2 Å². The summed E-state index contributed by atoms with van der Waals surface area (Å²) >= 11 is 1.32. The lowest BCUT2D eigenvalue weighted by Gasteiger charge is -2.34. The van der Waals surface area contributed by atoms with Crippen LogP contribution >= 0.6 is 11.3 Å². The molecule has 11 nitrogen and oxygen atoms in total. The highest BCUT2D eigenvalue weighted by molar-refractivity contribution is 7.90. The predicted molar refractivity (Wildman–Crippen MR) is 170 cm³/mol. The van der Waals surface area contributed by atoms with Crippen molar-refractivity contribution in [2.45, 2.75) is 58.9 Å². The van der Waals surface area contributed by atoms with Crippen LogP contribution in [-0.4, -0.2) is 85.4 Å². The highest BCUT2D eigenvalue weighted by Crippen LogP contribution is 2.38. The Morgan fingerprint density at radius 2 is 2.02 bits per heavy atom. The van der Waals surface area contributed by atoms with E-state index in [9.17, 15) is 13.2 Å². The van der Waals surface area contributed by atoms with Crippen LogP contribution in [0.15, 0.2) is 24.4 Å². The zero-order valence-corrected chi connectivity index (χ0v) is 27.4. The molecule has 3 aromatic heterocycles. The average molecular weight is 630 g/mol. The SMILES string of the molecule is CN(C)S(=O)(=O)Nc1ccc([C@@H](CCN2CCCOCC2)NC(=O)c2nc3cc4c(nc3s2)CC[C@H](C(C)(C)C)C4)cn1. The molecule has 234 valence electrons. The zero-order valence-electron chi connectivity index (χ0n) is 25.7. The Balaban J connectivity index is 1.35. The molecule has 1 aliphatic heterocycles. The molecule has 0 unspecified atom stereocenters. The fourth-order valence-electron chi connectivity index (χ4n) is 5.62. The number of fused-ring (bicyclic) bond motifs is 2. The molecular weight excluding hydrogens is 587 g/mol. The zero-order chi connectivity index (χ0) is 30.8. The maximum Gasteiger partial charge on any atom is 0.302 e. The molecule has 0 aromatic carbocycles. The lowest BCUT2D eigenvalue weighted by Crippen LogP contribution is -2.34. The monoisotopic (exact) mass is 629 g/mol. The third kappa shape index (κ3) is 7.88. The summed E-state index contributed by atoms with van der Waals surface area (Å²) < 4.78 is 33.6. The summed E-state index contributed by atoms with van der Waals surface area (Å²) in [6.45, 7) is 10.9. The average Bonchev–Trinajstić information content (AvgIpc) is 3.19. The molecule has 2 atom stereocenters. The maximum absolute atomic E-state index is 13.6. The Bertz CT molecular complexity index is 1530. The first-order chi connectivity index (χ1) is 20.4. The number of ether oxygens (including phenoxy) is 1. The minimum absolute atomic E-state index is 0.210. The number of amides is 1. The summed E-state index contributed by atoms with van der Waals surface area (Å²) in [7, 11) is -0.778. The fraction of sp³-hybridized carbons (Fsp3) is 0.600. The largest absolute Gasteiger partial charge is 0.380 e. The van der Waals surface area contributed by atoms with Crippen molar-refractivity contribution < 1.29 is 17.9 Å². The van der Waals surface area contributed by atoms with E-state index >= 15 is 0 Å². The minimum Gasteiger partial charge on any atom is -0.380 e. The van der Waals surface area contributed by atoms with E-state index in [-0.39, 0.29) is 23.2 Å². The number of carbonyl (C=O) groups excluding carboxylic acids is 1. The van der Waals surface area contributed by atoms with Gasteiger partial charge >= 0.3 is 10.2 Å². The predicted octanol–water partition coefficient (Wildman–Crippen LogP) is 4.04. The summed E-state index contributed by atoms with van der Waals surface area (Å²) in [5.41, 5.74) is 4.16. The minimum atomic E-state index is -3.68. The molecule has 13 heteroatoms. The van der Waals surface area contributed by atoms with Crippen LogP contribution in [-0.2, 0) is 27.8 Å². The third-order valence-electron chi connectivity index (χ3n) is 8.42. The van der Waals surface area contributed by atoms with Crippen molar-refractivity contribution in [3.8, 4) is 0 Å². The third-order valence-corrected chi connectivity index (χ3v) is 10.8. The van der Waals surface area contributed by atoms with Crippen molar-refractivity contribution in [3.05, 3.63) is 46.2 Å². The van der Waals surface area contributed by atoms with Crippen LogP contribution in [0.1, 0.15) is 72.7 Å². The number of pyridine rings is 2. The first-order valence-corrected chi connectivity index (χ1v) is 17.2. The van der Waals surface area contributed by atoms with Gasteiger partial charge in [-0.15, -0.1) is 0 Å². The van der Waals surface area contributed by atoms with Gasteiger partial charge in [0, 0.05) is 52.2 Å². The fourth-order valence-corrected chi connectivity index (χ4v) is 7.03. The molecule has 1 aliphatic carbocycles. The smallest absolute Gasteiger partial charge is 0.302 e. The van der Waals surface area contributed by atoms with E-state index in [1.165, 1.54) is 31.0 Å². The Kier molecular flexibility index (Phi) is 9.67. The molecule has 0 spiro atoms. The second-order valence-electron chi connectivity index (χ2n) is 12.7. The van der Waals surface area contributed by atoms with Crippen LogP contribution in [0.2, 0.25) is 0 Å². The first-order valence-electron chi connectivity index (χ1n) is 15.0. The van der Waals surface area contributed by atoms with Crippen LogP contribution in [0.4, 0.5) is 5.82 Å². The van der Waals surface area contributed by atoms with Crippen LogP contribution in [0.3, 0.4) is 0 Å².